The predicted molar refractivity (Wildman–Crippen MR) is 102 cm³/mol. The highest BCUT2D eigenvalue weighted by atomic mass is 16.1. The van der Waals surface area contributed by atoms with E-state index in [-0.39, 0.29) is 11.8 Å². The maximum absolute atomic E-state index is 12.6. The smallest absolute Gasteiger partial charge is 0.225 e. The highest BCUT2D eigenvalue weighted by Gasteiger charge is 2.25. The fraction of sp³-hybridized carbons (Fsp3) is 0.400. The SMILES string of the molecule is CN(C)c1ccc(CNC(=O)[C@@H]2CCCN(c3ccncc3)C2)cc1. The number of carbonyl (C=O) groups is 1. The van der Waals surface area contributed by atoms with Gasteiger partial charge in [0.1, 0.15) is 0 Å². The fourth-order valence-electron chi connectivity index (χ4n) is 3.23. The molecule has 1 saturated heterocycles. The molecule has 25 heavy (non-hydrogen) atoms. The molecular weight excluding hydrogens is 312 g/mol. The number of pyridine rings is 1. The summed E-state index contributed by atoms with van der Waals surface area (Å²) < 4.78 is 0. The molecule has 1 aliphatic rings. The molecule has 5 nitrogen and oxygen atoms in total. The average molecular weight is 338 g/mol. The first-order valence-electron chi connectivity index (χ1n) is 8.82. The van der Waals surface area contributed by atoms with Gasteiger partial charge in [0.2, 0.25) is 5.91 Å². The van der Waals surface area contributed by atoms with Crippen molar-refractivity contribution in [3.05, 3.63) is 54.4 Å². The second kappa shape index (κ2) is 8.01. The van der Waals surface area contributed by atoms with E-state index in [2.05, 4.69) is 44.4 Å². The van der Waals surface area contributed by atoms with E-state index in [1.165, 1.54) is 0 Å². The van der Waals surface area contributed by atoms with E-state index in [0.29, 0.717) is 6.54 Å². The van der Waals surface area contributed by atoms with Crippen LogP contribution in [0, 0.1) is 5.92 Å². The van der Waals surface area contributed by atoms with Crippen LogP contribution in [0.3, 0.4) is 0 Å². The van der Waals surface area contributed by atoms with Crippen LogP contribution >= 0.6 is 0 Å². The number of benzene rings is 1. The van der Waals surface area contributed by atoms with Gasteiger partial charge in [-0.1, -0.05) is 12.1 Å². The Bertz CT molecular complexity index is 685. The molecule has 0 bridgehead atoms. The van der Waals surface area contributed by atoms with Crippen molar-refractivity contribution in [1.29, 1.82) is 0 Å². The number of carbonyl (C=O) groups excluding carboxylic acids is 1. The molecule has 1 atom stereocenters. The molecule has 5 heteroatoms. The molecule has 0 unspecified atom stereocenters. The van der Waals surface area contributed by atoms with Crippen LogP contribution in [-0.4, -0.2) is 38.1 Å². The molecular formula is C20H26N4O. The van der Waals surface area contributed by atoms with Gasteiger partial charge in [-0.25, -0.2) is 0 Å². The molecule has 1 aromatic carbocycles. The molecule has 1 aromatic heterocycles. The molecule has 1 fully saturated rings. The molecule has 1 amide bonds. The lowest BCUT2D eigenvalue weighted by atomic mass is 9.96. The van der Waals surface area contributed by atoms with Gasteiger partial charge < -0.3 is 15.1 Å². The van der Waals surface area contributed by atoms with E-state index >= 15 is 0 Å². The van der Waals surface area contributed by atoms with Gasteiger partial charge in [-0.05, 0) is 42.7 Å². The Balaban J connectivity index is 1.54. The summed E-state index contributed by atoms with van der Waals surface area (Å²) in [6, 6.07) is 12.3. The highest BCUT2D eigenvalue weighted by molar-refractivity contribution is 5.79. The Labute approximate surface area is 149 Å². The Kier molecular flexibility index (Phi) is 5.53. The average Bonchev–Trinajstić information content (AvgIpc) is 2.67. The Morgan fingerprint density at radius 2 is 1.92 bits per heavy atom. The van der Waals surface area contributed by atoms with Gasteiger partial charge in [0.25, 0.3) is 0 Å². The minimum atomic E-state index is 0.0444. The van der Waals surface area contributed by atoms with Crippen LogP contribution in [0.15, 0.2) is 48.8 Å². The molecule has 132 valence electrons. The normalized spacial score (nSPS) is 17.2. The van der Waals surface area contributed by atoms with Crippen LogP contribution in [0.25, 0.3) is 0 Å². The highest BCUT2D eigenvalue weighted by Crippen LogP contribution is 2.22. The lowest BCUT2D eigenvalue weighted by molar-refractivity contribution is -0.125. The summed E-state index contributed by atoms with van der Waals surface area (Å²) in [5, 5.41) is 3.10. The molecule has 0 aliphatic carbocycles. The van der Waals surface area contributed by atoms with Gasteiger partial charge in [0, 0.05) is 57.5 Å². The number of nitrogens with one attached hydrogen (secondary N) is 1. The number of piperidine rings is 1. The van der Waals surface area contributed by atoms with Crippen LogP contribution in [0.4, 0.5) is 11.4 Å². The maximum Gasteiger partial charge on any atom is 0.225 e. The number of amides is 1. The number of anilines is 2. The number of rotatable bonds is 5. The Morgan fingerprint density at radius 3 is 2.60 bits per heavy atom. The first kappa shape index (κ1) is 17.3. The molecule has 0 saturated carbocycles. The molecule has 2 aromatic rings. The first-order valence-corrected chi connectivity index (χ1v) is 8.82. The molecule has 0 radical (unpaired) electrons. The van der Waals surface area contributed by atoms with Gasteiger partial charge in [0.05, 0.1) is 5.92 Å². The number of hydrogen-bond acceptors (Lipinski definition) is 4. The molecule has 2 heterocycles. The van der Waals surface area contributed by atoms with Gasteiger partial charge in [-0.15, -0.1) is 0 Å². The quantitative estimate of drug-likeness (QED) is 0.911. The molecule has 1 N–H and O–H groups in total. The van der Waals surface area contributed by atoms with E-state index in [9.17, 15) is 4.79 Å². The lowest BCUT2D eigenvalue weighted by Gasteiger charge is -2.33. The van der Waals surface area contributed by atoms with Crippen molar-refractivity contribution in [2.75, 3.05) is 37.0 Å². The van der Waals surface area contributed by atoms with E-state index < -0.39 is 0 Å². The van der Waals surface area contributed by atoms with Crippen molar-refractivity contribution in [2.24, 2.45) is 5.92 Å². The third-order valence-electron chi connectivity index (χ3n) is 4.74. The minimum absolute atomic E-state index is 0.0444. The zero-order chi connectivity index (χ0) is 17.6. The van der Waals surface area contributed by atoms with Crippen LogP contribution in [0.2, 0.25) is 0 Å². The number of hydrogen-bond donors (Lipinski definition) is 1. The third kappa shape index (κ3) is 4.50. The van der Waals surface area contributed by atoms with Crippen molar-refractivity contribution in [3.8, 4) is 0 Å². The van der Waals surface area contributed by atoms with E-state index in [1.807, 2.05) is 26.2 Å². The van der Waals surface area contributed by atoms with Gasteiger partial charge >= 0.3 is 0 Å². The van der Waals surface area contributed by atoms with Crippen molar-refractivity contribution in [3.63, 3.8) is 0 Å². The zero-order valence-electron chi connectivity index (χ0n) is 15.0. The van der Waals surface area contributed by atoms with Gasteiger partial charge in [-0.3, -0.25) is 9.78 Å². The summed E-state index contributed by atoms with van der Waals surface area (Å²) in [5.74, 6) is 0.193. The van der Waals surface area contributed by atoms with Crippen molar-refractivity contribution < 1.29 is 4.79 Å². The summed E-state index contributed by atoms with van der Waals surface area (Å²) in [5.41, 5.74) is 3.43. The lowest BCUT2D eigenvalue weighted by Crippen LogP contribution is -2.43. The first-order chi connectivity index (χ1) is 12.1. The zero-order valence-corrected chi connectivity index (χ0v) is 15.0. The summed E-state index contributed by atoms with van der Waals surface area (Å²) in [4.78, 5) is 21.0. The van der Waals surface area contributed by atoms with Gasteiger partial charge in [-0.2, -0.15) is 0 Å². The van der Waals surface area contributed by atoms with Crippen LogP contribution in [0.5, 0.6) is 0 Å². The Morgan fingerprint density at radius 1 is 1.20 bits per heavy atom. The molecule has 0 spiro atoms. The third-order valence-corrected chi connectivity index (χ3v) is 4.74. The summed E-state index contributed by atoms with van der Waals surface area (Å²) in [6.45, 7) is 2.35. The second-order valence-corrected chi connectivity index (χ2v) is 6.77. The molecule has 3 rings (SSSR count). The van der Waals surface area contributed by atoms with Crippen molar-refractivity contribution >= 4 is 17.3 Å². The number of aromatic nitrogens is 1. The summed E-state index contributed by atoms with van der Waals surface area (Å²) >= 11 is 0. The van der Waals surface area contributed by atoms with E-state index in [0.717, 1.165) is 42.9 Å². The second-order valence-electron chi connectivity index (χ2n) is 6.77. The topological polar surface area (TPSA) is 48.5 Å². The fourth-order valence-corrected chi connectivity index (χ4v) is 3.23. The van der Waals surface area contributed by atoms with Crippen molar-refractivity contribution in [2.45, 2.75) is 19.4 Å². The predicted octanol–water partition coefficient (Wildman–Crippen LogP) is 2.68. The monoisotopic (exact) mass is 338 g/mol. The summed E-state index contributed by atoms with van der Waals surface area (Å²) in [7, 11) is 4.04. The van der Waals surface area contributed by atoms with Crippen molar-refractivity contribution in [1.82, 2.24) is 10.3 Å². The largest absolute Gasteiger partial charge is 0.378 e. The van der Waals surface area contributed by atoms with Crippen LogP contribution in [0.1, 0.15) is 18.4 Å². The van der Waals surface area contributed by atoms with Gasteiger partial charge in [0.15, 0.2) is 0 Å². The Hall–Kier alpha value is -2.56. The van der Waals surface area contributed by atoms with E-state index in [1.54, 1.807) is 12.4 Å². The van der Waals surface area contributed by atoms with Crippen LogP contribution < -0.4 is 15.1 Å². The standard InChI is InChI=1S/C20H26N4O/c1-23(2)18-7-5-16(6-8-18)14-22-20(25)17-4-3-13-24(15-17)19-9-11-21-12-10-19/h5-12,17H,3-4,13-15H2,1-2H3,(H,22,25)/t17-/m1/s1. The molecule has 1 aliphatic heterocycles. The van der Waals surface area contributed by atoms with E-state index in [4.69, 9.17) is 0 Å². The minimum Gasteiger partial charge on any atom is -0.378 e. The van der Waals surface area contributed by atoms with Crippen LogP contribution in [-0.2, 0) is 11.3 Å². The maximum atomic E-state index is 12.6. The summed E-state index contributed by atoms with van der Waals surface area (Å²) in [6.07, 6.45) is 5.59. The number of nitrogens with zero attached hydrogens (tertiary/aromatic N) is 3.